The third-order valence-corrected chi connectivity index (χ3v) is 4.89. The standard InChI is InChI=1S/C20H22BrNO3/c1-13(2)19(22-20(23)15-6-3-4-7-16(15)21)14-8-9-17-18(12-14)25-11-5-10-24-17/h3-4,6-9,12-13,19H,5,10-11H2,1-2H3,(H,22,23)/t19-/m0/s1. The molecule has 1 atom stereocenters. The summed E-state index contributed by atoms with van der Waals surface area (Å²) in [5, 5.41) is 3.15. The van der Waals surface area contributed by atoms with Gasteiger partial charge >= 0.3 is 0 Å². The summed E-state index contributed by atoms with van der Waals surface area (Å²) in [6.07, 6.45) is 0.871. The fourth-order valence-corrected chi connectivity index (χ4v) is 3.34. The molecule has 0 spiro atoms. The van der Waals surface area contributed by atoms with Gasteiger partial charge in [-0.25, -0.2) is 0 Å². The van der Waals surface area contributed by atoms with Crippen LogP contribution >= 0.6 is 15.9 Å². The average molecular weight is 404 g/mol. The first kappa shape index (κ1) is 17.8. The van der Waals surface area contributed by atoms with Gasteiger partial charge in [0.15, 0.2) is 11.5 Å². The molecule has 0 fully saturated rings. The van der Waals surface area contributed by atoms with E-state index in [1.165, 1.54) is 0 Å². The van der Waals surface area contributed by atoms with Gasteiger partial charge < -0.3 is 14.8 Å². The Morgan fingerprint density at radius 1 is 1.08 bits per heavy atom. The van der Waals surface area contributed by atoms with Crippen LogP contribution in [0.4, 0.5) is 0 Å². The van der Waals surface area contributed by atoms with Gasteiger partial charge in [0.25, 0.3) is 5.91 Å². The van der Waals surface area contributed by atoms with Crippen molar-refractivity contribution in [2.24, 2.45) is 5.92 Å². The second-order valence-corrected chi connectivity index (χ2v) is 7.29. The molecule has 0 aromatic heterocycles. The van der Waals surface area contributed by atoms with Gasteiger partial charge in [-0.1, -0.05) is 32.0 Å². The fourth-order valence-electron chi connectivity index (χ4n) is 2.87. The first-order valence-corrected chi connectivity index (χ1v) is 9.30. The van der Waals surface area contributed by atoms with Crippen molar-refractivity contribution in [1.29, 1.82) is 0 Å². The normalized spacial score (nSPS) is 14.7. The van der Waals surface area contributed by atoms with Crippen molar-refractivity contribution in [1.82, 2.24) is 5.32 Å². The molecule has 2 aromatic carbocycles. The maximum Gasteiger partial charge on any atom is 0.252 e. The highest BCUT2D eigenvalue weighted by Gasteiger charge is 2.22. The summed E-state index contributed by atoms with van der Waals surface area (Å²) in [6, 6.07) is 13.2. The van der Waals surface area contributed by atoms with E-state index in [-0.39, 0.29) is 17.9 Å². The molecule has 0 saturated carbocycles. The Morgan fingerprint density at radius 3 is 2.52 bits per heavy atom. The van der Waals surface area contributed by atoms with Gasteiger partial charge in [0.05, 0.1) is 24.8 Å². The monoisotopic (exact) mass is 403 g/mol. The Hall–Kier alpha value is -2.01. The topological polar surface area (TPSA) is 47.6 Å². The molecule has 1 aliphatic heterocycles. The van der Waals surface area contributed by atoms with Crippen molar-refractivity contribution in [3.8, 4) is 11.5 Å². The number of nitrogens with one attached hydrogen (secondary N) is 1. The number of ether oxygens (including phenoxy) is 2. The van der Waals surface area contributed by atoms with E-state index in [1.54, 1.807) is 0 Å². The Bertz CT molecular complexity index is 760. The molecule has 1 N–H and O–H groups in total. The van der Waals surface area contributed by atoms with E-state index in [4.69, 9.17) is 9.47 Å². The van der Waals surface area contributed by atoms with Crippen LogP contribution in [0.1, 0.15) is 42.2 Å². The first-order valence-electron chi connectivity index (χ1n) is 8.51. The minimum absolute atomic E-state index is 0.0988. The van der Waals surface area contributed by atoms with E-state index in [9.17, 15) is 4.79 Å². The van der Waals surface area contributed by atoms with Gasteiger partial charge in [0.2, 0.25) is 0 Å². The van der Waals surface area contributed by atoms with Crippen LogP contribution in [-0.4, -0.2) is 19.1 Å². The maximum absolute atomic E-state index is 12.7. The van der Waals surface area contributed by atoms with Crippen LogP contribution in [0.3, 0.4) is 0 Å². The average Bonchev–Trinajstić information content (AvgIpc) is 2.84. The lowest BCUT2D eigenvalue weighted by atomic mass is 9.95. The van der Waals surface area contributed by atoms with Crippen LogP contribution in [0.2, 0.25) is 0 Å². The molecule has 0 unspecified atom stereocenters. The zero-order chi connectivity index (χ0) is 17.8. The zero-order valence-corrected chi connectivity index (χ0v) is 16.0. The van der Waals surface area contributed by atoms with Crippen LogP contribution < -0.4 is 14.8 Å². The third kappa shape index (κ3) is 4.15. The number of benzene rings is 2. The van der Waals surface area contributed by atoms with Crippen LogP contribution in [-0.2, 0) is 0 Å². The highest BCUT2D eigenvalue weighted by molar-refractivity contribution is 9.10. The van der Waals surface area contributed by atoms with E-state index < -0.39 is 0 Å². The van der Waals surface area contributed by atoms with Gasteiger partial charge in [-0.05, 0) is 51.7 Å². The molecule has 1 aliphatic rings. The van der Waals surface area contributed by atoms with Crippen molar-refractivity contribution in [3.63, 3.8) is 0 Å². The van der Waals surface area contributed by atoms with E-state index in [0.29, 0.717) is 18.8 Å². The lowest BCUT2D eigenvalue weighted by molar-refractivity contribution is 0.0924. The number of fused-ring (bicyclic) bond motifs is 1. The van der Waals surface area contributed by atoms with Gasteiger partial charge in [-0.15, -0.1) is 0 Å². The lowest BCUT2D eigenvalue weighted by Gasteiger charge is -2.24. The zero-order valence-electron chi connectivity index (χ0n) is 14.4. The van der Waals surface area contributed by atoms with E-state index in [0.717, 1.165) is 28.0 Å². The Kier molecular flexibility index (Phi) is 5.63. The van der Waals surface area contributed by atoms with Gasteiger partial charge in [-0.2, -0.15) is 0 Å². The predicted octanol–water partition coefficient (Wildman–Crippen LogP) is 4.74. The van der Waals surface area contributed by atoms with Crippen LogP contribution in [0.15, 0.2) is 46.9 Å². The van der Waals surface area contributed by atoms with Gasteiger partial charge in [-0.3, -0.25) is 4.79 Å². The largest absolute Gasteiger partial charge is 0.490 e. The molecule has 0 bridgehead atoms. The third-order valence-electron chi connectivity index (χ3n) is 4.20. The Morgan fingerprint density at radius 2 is 1.80 bits per heavy atom. The Labute approximate surface area is 156 Å². The molecular formula is C20H22BrNO3. The summed E-state index contributed by atoms with van der Waals surface area (Å²) in [4.78, 5) is 12.7. The van der Waals surface area contributed by atoms with E-state index in [2.05, 4.69) is 35.1 Å². The summed E-state index contributed by atoms with van der Waals surface area (Å²) in [7, 11) is 0. The fraction of sp³-hybridized carbons (Fsp3) is 0.350. The smallest absolute Gasteiger partial charge is 0.252 e. The summed E-state index contributed by atoms with van der Waals surface area (Å²) >= 11 is 3.44. The van der Waals surface area contributed by atoms with Crippen LogP contribution in [0.25, 0.3) is 0 Å². The highest BCUT2D eigenvalue weighted by atomic mass is 79.9. The SMILES string of the molecule is CC(C)[C@H](NC(=O)c1ccccc1Br)c1ccc2c(c1)OCCCO2. The number of amides is 1. The molecule has 1 heterocycles. The highest BCUT2D eigenvalue weighted by Crippen LogP contribution is 2.34. The van der Waals surface area contributed by atoms with Crippen molar-refractivity contribution >= 4 is 21.8 Å². The van der Waals surface area contributed by atoms with Crippen molar-refractivity contribution in [2.45, 2.75) is 26.3 Å². The quantitative estimate of drug-likeness (QED) is 0.801. The van der Waals surface area contributed by atoms with Crippen molar-refractivity contribution < 1.29 is 14.3 Å². The molecule has 2 aromatic rings. The molecule has 25 heavy (non-hydrogen) atoms. The summed E-state index contributed by atoms with van der Waals surface area (Å²) < 4.78 is 12.3. The van der Waals surface area contributed by atoms with E-state index in [1.807, 2.05) is 42.5 Å². The molecule has 0 aliphatic carbocycles. The second kappa shape index (κ2) is 7.91. The summed E-state index contributed by atoms with van der Waals surface area (Å²) in [5.74, 6) is 1.64. The first-order chi connectivity index (χ1) is 12.1. The number of carbonyl (C=O) groups excluding carboxylic acids is 1. The van der Waals surface area contributed by atoms with Gasteiger partial charge in [0.1, 0.15) is 0 Å². The molecule has 3 rings (SSSR count). The Balaban J connectivity index is 1.85. The van der Waals surface area contributed by atoms with Crippen LogP contribution in [0, 0.1) is 5.92 Å². The molecule has 1 amide bonds. The molecule has 4 nitrogen and oxygen atoms in total. The lowest BCUT2D eigenvalue weighted by Crippen LogP contribution is -2.32. The van der Waals surface area contributed by atoms with E-state index >= 15 is 0 Å². The number of hydrogen-bond donors (Lipinski definition) is 1. The minimum atomic E-state index is -0.114. The number of halogens is 1. The summed E-state index contributed by atoms with van der Waals surface area (Å²) in [6.45, 7) is 5.49. The predicted molar refractivity (Wildman–Crippen MR) is 101 cm³/mol. The molecular weight excluding hydrogens is 382 g/mol. The number of carbonyl (C=O) groups is 1. The molecule has 0 saturated heterocycles. The van der Waals surface area contributed by atoms with Gasteiger partial charge in [0, 0.05) is 10.9 Å². The summed E-state index contributed by atoms with van der Waals surface area (Å²) in [5.41, 5.74) is 1.64. The second-order valence-electron chi connectivity index (χ2n) is 6.43. The molecule has 132 valence electrons. The maximum atomic E-state index is 12.7. The van der Waals surface area contributed by atoms with Crippen LogP contribution in [0.5, 0.6) is 11.5 Å². The van der Waals surface area contributed by atoms with Crippen molar-refractivity contribution in [2.75, 3.05) is 13.2 Å². The number of hydrogen-bond acceptors (Lipinski definition) is 3. The van der Waals surface area contributed by atoms with Crippen molar-refractivity contribution in [3.05, 3.63) is 58.1 Å². The molecule has 5 heteroatoms. The molecule has 0 radical (unpaired) electrons. The number of rotatable bonds is 4. The minimum Gasteiger partial charge on any atom is -0.490 e.